The molecule has 0 saturated carbocycles. The first-order valence-electron chi connectivity index (χ1n) is 6.84. The van der Waals surface area contributed by atoms with Gasteiger partial charge >= 0.3 is 0 Å². The van der Waals surface area contributed by atoms with Gasteiger partial charge in [0, 0.05) is 7.05 Å². The largest absolute Gasteiger partial charge is 0.309 e. The molecular formula is C15H22N4. The molecule has 2 aromatic rings. The molecule has 2 rings (SSSR count). The minimum atomic E-state index is 0.311. The molecule has 4 nitrogen and oxygen atoms in total. The zero-order valence-electron chi connectivity index (χ0n) is 11.9. The van der Waals surface area contributed by atoms with Crippen LogP contribution in [0.3, 0.4) is 0 Å². The fraction of sp³-hybridized carbons (Fsp3) is 0.467. The molecule has 1 heterocycles. The van der Waals surface area contributed by atoms with E-state index >= 15 is 0 Å². The molecule has 0 bridgehead atoms. The van der Waals surface area contributed by atoms with Crippen LogP contribution in [-0.4, -0.2) is 21.5 Å². The van der Waals surface area contributed by atoms with Crippen LogP contribution in [-0.2, 0) is 13.5 Å². The standard InChI is InChI=1S/C15H22N4/c1-4-16-14(15-11-17-18-19(15)3)9-8-13-7-5-6-12(2)10-13/h5-7,10-11,14,16H,4,8-9H2,1-3H3. The molecule has 1 aromatic heterocycles. The summed E-state index contributed by atoms with van der Waals surface area (Å²) in [6.07, 6.45) is 3.96. The maximum Gasteiger partial charge on any atom is 0.0753 e. The topological polar surface area (TPSA) is 42.7 Å². The van der Waals surface area contributed by atoms with Gasteiger partial charge in [0.1, 0.15) is 0 Å². The lowest BCUT2D eigenvalue weighted by molar-refractivity contribution is 0.479. The molecule has 1 aromatic carbocycles. The van der Waals surface area contributed by atoms with Gasteiger partial charge in [0.05, 0.1) is 17.9 Å². The summed E-state index contributed by atoms with van der Waals surface area (Å²) in [7, 11) is 1.94. The Labute approximate surface area is 114 Å². The average molecular weight is 258 g/mol. The molecule has 1 atom stereocenters. The summed E-state index contributed by atoms with van der Waals surface area (Å²) in [5, 5.41) is 11.5. The number of aromatic nitrogens is 3. The zero-order valence-corrected chi connectivity index (χ0v) is 11.9. The maximum absolute atomic E-state index is 4.02. The Morgan fingerprint density at radius 1 is 1.37 bits per heavy atom. The van der Waals surface area contributed by atoms with Crippen LogP contribution in [0, 0.1) is 6.92 Å². The highest BCUT2D eigenvalue weighted by Gasteiger charge is 2.14. The van der Waals surface area contributed by atoms with Crippen molar-refractivity contribution in [3.05, 3.63) is 47.3 Å². The normalized spacial score (nSPS) is 12.6. The number of hydrogen-bond acceptors (Lipinski definition) is 3. The van der Waals surface area contributed by atoms with E-state index in [1.807, 2.05) is 17.9 Å². The Hall–Kier alpha value is -1.68. The number of rotatable bonds is 6. The van der Waals surface area contributed by atoms with Crippen molar-refractivity contribution in [2.75, 3.05) is 6.54 Å². The van der Waals surface area contributed by atoms with Gasteiger partial charge in [-0.1, -0.05) is 42.0 Å². The summed E-state index contributed by atoms with van der Waals surface area (Å²) in [6.45, 7) is 5.21. The van der Waals surface area contributed by atoms with Gasteiger partial charge < -0.3 is 5.32 Å². The van der Waals surface area contributed by atoms with E-state index in [0.717, 1.165) is 25.1 Å². The predicted octanol–water partition coefficient (Wildman–Crippen LogP) is 2.41. The molecule has 0 fully saturated rings. The lowest BCUT2D eigenvalue weighted by atomic mass is 10.0. The van der Waals surface area contributed by atoms with Crippen LogP contribution in [0.2, 0.25) is 0 Å². The third-order valence-corrected chi connectivity index (χ3v) is 3.36. The Morgan fingerprint density at radius 3 is 2.84 bits per heavy atom. The summed E-state index contributed by atoms with van der Waals surface area (Å²) >= 11 is 0. The number of nitrogens with one attached hydrogen (secondary N) is 1. The van der Waals surface area contributed by atoms with E-state index in [1.54, 1.807) is 0 Å². The van der Waals surface area contributed by atoms with Crippen molar-refractivity contribution >= 4 is 0 Å². The van der Waals surface area contributed by atoms with Crippen LogP contribution >= 0.6 is 0 Å². The van der Waals surface area contributed by atoms with E-state index in [4.69, 9.17) is 0 Å². The minimum Gasteiger partial charge on any atom is -0.309 e. The molecule has 0 aliphatic carbocycles. The zero-order chi connectivity index (χ0) is 13.7. The van der Waals surface area contributed by atoms with E-state index in [1.165, 1.54) is 11.1 Å². The second-order valence-corrected chi connectivity index (χ2v) is 4.92. The fourth-order valence-electron chi connectivity index (χ4n) is 2.39. The van der Waals surface area contributed by atoms with Gasteiger partial charge in [-0.3, -0.25) is 4.68 Å². The number of hydrogen-bond donors (Lipinski definition) is 1. The lowest BCUT2D eigenvalue weighted by Crippen LogP contribution is -2.23. The number of aryl methyl sites for hydroxylation is 3. The molecule has 102 valence electrons. The Bertz CT molecular complexity index is 518. The SMILES string of the molecule is CCNC(CCc1cccc(C)c1)c1cnnn1C. The van der Waals surface area contributed by atoms with Crippen LogP contribution in [0.5, 0.6) is 0 Å². The molecule has 0 radical (unpaired) electrons. The first kappa shape index (κ1) is 13.7. The summed E-state index contributed by atoms with van der Waals surface area (Å²) < 4.78 is 1.85. The van der Waals surface area contributed by atoms with E-state index in [-0.39, 0.29) is 0 Å². The number of nitrogens with zero attached hydrogens (tertiary/aromatic N) is 3. The highest BCUT2D eigenvalue weighted by molar-refractivity contribution is 5.22. The van der Waals surface area contributed by atoms with Crippen LogP contribution in [0.1, 0.15) is 36.2 Å². The van der Waals surface area contributed by atoms with E-state index in [9.17, 15) is 0 Å². The highest BCUT2D eigenvalue weighted by Crippen LogP contribution is 2.18. The van der Waals surface area contributed by atoms with E-state index in [0.29, 0.717) is 6.04 Å². The summed E-state index contributed by atoms with van der Waals surface area (Å²) in [5.74, 6) is 0. The van der Waals surface area contributed by atoms with Crippen LogP contribution in [0.25, 0.3) is 0 Å². The molecule has 19 heavy (non-hydrogen) atoms. The minimum absolute atomic E-state index is 0.311. The molecule has 0 aliphatic rings. The maximum atomic E-state index is 4.02. The van der Waals surface area contributed by atoms with Crippen molar-refractivity contribution < 1.29 is 0 Å². The molecule has 1 unspecified atom stereocenters. The summed E-state index contributed by atoms with van der Waals surface area (Å²) in [5.41, 5.74) is 3.85. The van der Waals surface area contributed by atoms with Gasteiger partial charge in [-0.2, -0.15) is 0 Å². The van der Waals surface area contributed by atoms with E-state index in [2.05, 4.69) is 53.7 Å². The third kappa shape index (κ3) is 3.64. The summed E-state index contributed by atoms with van der Waals surface area (Å²) in [6, 6.07) is 9.02. The molecule has 1 N–H and O–H groups in total. The van der Waals surface area contributed by atoms with Gasteiger partial charge in [0.15, 0.2) is 0 Å². The van der Waals surface area contributed by atoms with Crippen molar-refractivity contribution in [2.24, 2.45) is 7.05 Å². The quantitative estimate of drug-likeness (QED) is 0.865. The molecule has 0 amide bonds. The average Bonchev–Trinajstić information content (AvgIpc) is 2.81. The molecule has 4 heteroatoms. The van der Waals surface area contributed by atoms with Crippen LogP contribution in [0.4, 0.5) is 0 Å². The highest BCUT2D eigenvalue weighted by atomic mass is 15.4. The van der Waals surface area contributed by atoms with Gasteiger partial charge in [0.25, 0.3) is 0 Å². The summed E-state index contributed by atoms with van der Waals surface area (Å²) in [4.78, 5) is 0. The Balaban J connectivity index is 2.04. The van der Waals surface area contributed by atoms with Crippen molar-refractivity contribution in [1.29, 1.82) is 0 Å². The predicted molar refractivity (Wildman–Crippen MR) is 76.9 cm³/mol. The third-order valence-electron chi connectivity index (χ3n) is 3.36. The second kappa shape index (κ2) is 6.48. The Kier molecular flexibility index (Phi) is 4.68. The lowest BCUT2D eigenvalue weighted by Gasteiger charge is -2.17. The monoisotopic (exact) mass is 258 g/mol. The van der Waals surface area contributed by atoms with Gasteiger partial charge in [0.2, 0.25) is 0 Å². The van der Waals surface area contributed by atoms with Gasteiger partial charge in [-0.15, -0.1) is 5.10 Å². The first-order chi connectivity index (χ1) is 9.20. The first-order valence-corrected chi connectivity index (χ1v) is 6.84. The molecule has 0 aliphatic heterocycles. The fourth-order valence-corrected chi connectivity index (χ4v) is 2.39. The molecule has 0 spiro atoms. The van der Waals surface area contributed by atoms with Gasteiger partial charge in [-0.25, -0.2) is 0 Å². The van der Waals surface area contributed by atoms with E-state index < -0.39 is 0 Å². The number of benzene rings is 1. The Morgan fingerprint density at radius 2 is 2.21 bits per heavy atom. The second-order valence-electron chi connectivity index (χ2n) is 4.92. The van der Waals surface area contributed by atoms with Crippen molar-refractivity contribution in [1.82, 2.24) is 20.3 Å². The van der Waals surface area contributed by atoms with Crippen molar-refractivity contribution in [3.8, 4) is 0 Å². The molecular weight excluding hydrogens is 236 g/mol. The van der Waals surface area contributed by atoms with Crippen LogP contribution in [0.15, 0.2) is 30.5 Å². The molecule has 0 saturated heterocycles. The van der Waals surface area contributed by atoms with Crippen LogP contribution < -0.4 is 5.32 Å². The van der Waals surface area contributed by atoms with Gasteiger partial charge in [-0.05, 0) is 31.9 Å². The smallest absolute Gasteiger partial charge is 0.0753 e. The van der Waals surface area contributed by atoms with Crippen molar-refractivity contribution in [3.63, 3.8) is 0 Å². The van der Waals surface area contributed by atoms with Crippen molar-refractivity contribution in [2.45, 2.75) is 32.7 Å².